The van der Waals surface area contributed by atoms with Crippen molar-refractivity contribution >= 4 is 22.7 Å². The highest BCUT2D eigenvalue weighted by atomic mass is 32.1. The smallest absolute Gasteiger partial charge is 0.115 e. The van der Waals surface area contributed by atoms with E-state index in [0.29, 0.717) is 5.92 Å². The van der Waals surface area contributed by atoms with E-state index in [1.807, 2.05) is 0 Å². The van der Waals surface area contributed by atoms with Crippen LogP contribution in [0.5, 0.6) is 0 Å². The normalized spacial score (nSPS) is 13.1. The third kappa shape index (κ3) is 3.19. The molecule has 0 aliphatic rings. The Balaban J connectivity index is 2.22. The van der Waals surface area contributed by atoms with Crippen LogP contribution in [0, 0.1) is 0 Å². The van der Waals surface area contributed by atoms with Crippen LogP contribution in [0.15, 0.2) is 22.9 Å². The molecule has 0 radical (unpaired) electrons. The molecule has 0 bridgehead atoms. The fourth-order valence-electron chi connectivity index (χ4n) is 1.75. The molecule has 0 spiro atoms. The van der Waals surface area contributed by atoms with Gasteiger partial charge >= 0.3 is 0 Å². The second-order valence-corrected chi connectivity index (χ2v) is 6.54. The van der Waals surface area contributed by atoms with E-state index in [9.17, 15) is 0 Å². The van der Waals surface area contributed by atoms with Gasteiger partial charge in [-0.05, 0) is 30.3 Å². The average Bonchev–Trinajstić information content (AvgIpc) is 3.00. The van der Waals surface area contributed by atoms with Gasteiger partial charge < -0.3 is 5.32 Å². The summed E-state index contributed by atoms with van der Waals surface area (Å²) in [5.41, 5.74) is 1.20. The maximum atomic E-state index is 4.78. The molecule has 0 saturated carbocycles. The number of thiophene rings is 1. The lowest BCUT2D eigenvalue weighted by Crippen LogP contribution is -2.22. The maximum Gasteiger partial charge on any atom is 0.115 e. The average molecular weight is 280 g/mol. The van der Waals surface area contributed by atoms with Gasteiger partial charge in [0.2, 0.25) is 0 Å². The number of nitrogens with zero attached hydrogens (tertiary/aromatic N) is 1. The minimum absolute atomic E-state index is 0.266. The summed E-state index contributed by atoms with van der Waals surface area (Å²) in [5.74, 6) is 0.505. The Kier molecular flexibility index (Phi) is 4.92. The zero-order valence-corrected chi connectivity index (χ0v) is 12.8. The molecule has 2 aromatic rings. The largest absolute Gasteiger partial charge is 0.304 e. The number of nitrogens with one attached hydrogen (secondary N) is 1. The quantitative estimate of drug-likeness (QED) is 0.847. The van der Waals surface area contributed by atoms with Crippen molar-refractivity contribution < 1.29 is 0 Å². The molecule has 1 N–H and O–H groups in total. The topological polar surface area (TPSA) is 24.9 Å². The van der Waals surface area contributed by atoms with Crippen LogP contribution in [-0.2, 0) is 0 Å². The van der Waals surface area contributed by atoms with Crippen LogP contribution in [0.1, 0.15) is 54.7 Å². The van der Waals surface area contributed by atoms with Gasteiger partial charge in [0, 0.05) is 10.3 Å². The van der Waals surface area contributed by atoms with E-state index >= 15 is 0 Å². The van der Waals surface area contributed by atoms with E-state index in [-0.39, 0.29) is 6.04 Å². The van der Waals surface area contributed by atoms with Gasteiger partial charge in [0.25, 0.3) is 0 Å². The van der Waals surface area contributed by atoms with Crippen molar-refractivity contribution in [2.45, 2.75) is 39.2 Å². The molecular weight excluding hydrogens is 260 g/mol. The number of hydrogen-bond acceptors (Lipinski definition) is 4. The highest BCUT2D eigenvalue weighted by molar-refractivity contribution is 7.11. The molecule has 0 saturated heterocycles. The van der Waals surface area contributed by atoms with E-state index in [2.05, 4.69) is 49.0 Å². The van der Waals surface area contributed by atoms with Crippen LogP contribution in [0.4, 0.5) is 0 Å². The summed E-state index contributed by atoms with van der Waals surface area (Å²) in [4.78, 5) is 6.14. The molecule has 2 rings (SSSR count). The molecule has 2 heterocycles. The van der Waals surface area contributed by atoms with Gasteiger partial charge in [-0.1, -0.05) is 26.8 Å². The Hall–Kier alpha value is -0.710. The second kappa shape index (κ2) is 6.45. The molecule has 0 fully saturated rings. The molecule has 0 aliphatic carbocycles. The minimum atomic E-state index is 0.266. The lowest BCUT2D eigenvalue weighted by Gasteiger charge is -2.14. The summed E-state index contributed by atoms with van der Waals surface area (Å²) in [5, 5.41) is 9.11. The van der Waals surface area contributed by atoms with Crippen molar-refractivity contribution in [2.75, 3.05) is 6.54 Å². The minimum Gasteiger partial charge on any atom is -0.304 e. The fourth-order valence-corrected chi connectivity index (χ4v) is 3.70. The Morgan fingerprint density at radius 2 is 2.17 bits per heavy atom. The summed E-state index contributed by atoms with van der Waals surface area (Å²) >= 11 is 3.57. The van der Waals surface area contributed by atoms with Gasteiger partial charge in [-0.2, -0.15) is 0 Å². The summed E-state index contributed by atoms with van der Waals surface area (Å²) in [7, 11) is 0. The predicted octanol–water partition coefficient (Wildman–Crippen LogP) is 4.42. The lowest BCUT2D eigenvalue weighted by atomic mass is 10.1. The fraction of sp³-hybridized carbons (Fsp3) is 0.500. The summed E-state index contributed by atoms with van der Waals surface area (Å²) in [6.07, 6.45) is 1.14. The van der Waals surface area contributed by atoms with Gasteiger partial charge in [0.15, 0.2) is 0 Å². The maximum absolute atomic E-state index is 4.78. The lowest BCUT2D eigenvalue weighted by molar-refractivity contribution is 0.600. The van der Waals surface area contributed by atoms with Gasteiger partial charge in [-0.3, -0.25) is 0 Å². The zero-order valence-electron chi connectivity index (χ0n) is 11.1. The van der Waals surface area contributed by atoms with Crippen molar-refractivity contribution in [1.29, 1.82) is 0 Å². The van der Waals surface area contributed by atoms with Crippen molar-refractivity contribution in [1.82, 2.24) is 10.3 Å². The predicted molar refractivity (Wildman–Crippen MR) is 80.7 cm³/mol. The van der Waals surface area contributed by atoms with Crippen molar-refractivity contribution in [3.05, 3.63) is 38.5 Å². The monoisotopic (exact) mass is 280 g/mol. The third-order valence-corrected chi connectivity index (χ3v) is 4.67. The highest BCUT2D eigenvalue weighted by Gasteiger charge is 2.18. The first-order chi connectivity index (χ1) is 8.72. The first-order valence-corrected chi connectivity index (χ1v) is 8.20. The molecule has 1 atom stereocenters. The van der Waals surface area contributed by atoms with E-state index in [0.717, 1.165) is 13.0 Å². The first-order valence-electron chi connectivity index (χ1n) is 6.44. The first kappa shape index (κ1) is 13.7. The van der Waals surface area contributed by atoms with Crippen molar-refractivity contribution in [3.8, 4) is 0 Å². The molecule has 2 aromatic heterocycles. The Labute approximate surface area is 117 Å². The Morgan fingerprint density at radius 3 is 2.72 bits per heavy atom. The highest BCUT2D eigenvalue weighted by Crippen LogP contribution is 2.29. The van der Waals surface area contributed by atoms with E-state index < -0.39 is 0 Å². The molecule has 0 amide bonds. The number of rotatable bonds is 6. The molecule has 0 aromatic carbocycles. The van der Waals surface area contributed by atoms with Gasteiger partial charge in [-0.15, -0.1) is 22.7 Å². The SMILES string of the molecule is CCCNC(c1cccs1)c1nc(C(C)C)cs1. The van der Waals surface area contributed by atoms with Crippen LogP contribution in [0.3, 0.4) is 0 Å². The number of aromatic nitrogens is 1. The summed E-state index contributed by atoms with van der Waals surface area (Å²) in [6.45, 7) is 7.61. The standard InChI is InChI=1S/C14H20N2S2/c1-4-7-15-13(12-6-5-8-17-12)14-16-11(9-18-14)10(2)3/h5-6,8-10,13,15H,4,7H2,1-3H3. The van der Waals surface area contributed by atoms with Crippen LogP contribution in [0.25, 0.3) is 0 Å². The van der Waals surface area contributed by atoms with Gasteiger partial charge in [-0.25, -0.2) is 4.98 Å². The van der Waals surface area contributed by atoms with Crippen LogP contribution >= 0.6 is 22.7 Å². The van der Waals surface area contributed by atoms with Crippen molar-refractivity contribution in [3.63, 3.8) is 0 Å². The summed E-state index contributed by atoms with van der Waals surface area (Å²) < 4.78 is 0. The van der Waals surface area contributed by atoms with Gasteiger partial charge in [0.1, 0.15) is 5.01 Å². The summed E-state index contributed by atoms with van der Waals surface area (Å²) in [6, 6.07) is 4.56. The molecule has 18 heavy (non-hydrogen) atoms. The Bertz CT molecular complexity index is 460. The van der Waals surface area contributed by atoms with Crippen LogP contribution in [-0.4, -0.2) is 11.5 Å². The zero-order chi connectivity index (χ0) is 13.0. The van der Waals surface area contributed by atoms with E-state index in [4.69, 9.17) is 4.98 Å². The van der Waals surface area contributed by atoms with Crippen LogP contribution in [0.2, 0.25) is 0 Å². The van der Waals surface area contributed by atoms with Crippen LogP contribution < -0.4 is 5.32 Å². The molecule has 4 heteroatoms. The second-order valence-electron chi connectivity index (χ2n) is 4.67. The van der Waals surface area contributed by atoms with E-state index in [1.54, 1.807) is 22.7 Å². The molecule has 1 unspecified atom stereocenters. The van der Waals surface area contributed by atoms with E-state index in [1.165, 1.54) is 15.6 Å². The number of hydrogen-bond donors (Lipinski definition) is 1. The third-order valence-electron chi connectivity index (χ3n) is 2.80. The Morgan fingerprint density at radius 1 is 1.33 bits per heavy atom. The molecule has 98 valence electrons. The van der Waals surface area contributed by atoms with Crippen molar-refractivity contribution in [2.24, 2.45) is 0 Å². The molecule has 0 aliphatic heterocycles. The number of thiazole rings is 1. The molecule has 2 nitrogen and oxygen atoms in total. The molecular formula is C14H20N2S2. The van der Waals surface area contributed by atoms with Gasteiger partial charge in [0.05, 0.1) is 11.7 Å².